The highest BCUT2D eigenvalue weighted by molar-refractivity contribution is 9.09. The smallest absolute Gasteiger partial charge is 0.251 e. The second kappa shape index (κ2) is 7.02. The molecular weight excluding hydrogens is 302 g/mol. The third-order valence-corrected chi connectivity index (χ3v) is 3.19. The van der Waals surface area contributed by atoms with Gasteiger partial charge in [-0.1, -0.05) is 34.5 Å². The lowest BCUT2D eigenvalue weighted by molar-refractivity contribution is 0.0952. The number of hydrogen-bond acceptors (Lipinski definition) is 1. The first kappa shape index (κ1) is 14.5. The zero-order valence-electron chi connectivity index (χ0n) is 10.1. The molecule has 94 valence electrons. The van der Waals surface area contributed by atoms with E-state index >= 15 is 0 Å². The van der Waals surface area contributed by atoms with Gasteiger partial charge in [-0.3, -0.25) is 4.79 Å². The molecule has 0 aliphatic heterocycles. The Hall–Kier alpha value is -0.540. The number of halogens is 2. The minimum atomic E-state index is -0.0265. The molecule has 0 spiro atoms. The SMILES string of the molecule is Cc1cc(Cl)ccc1C(=O)NCCCC(C)Br. The van der Waals surface area contributed by atoms with Crippen molar-refractivity contribution in [2.75, 3.05) is 6.54 Å². The van der Waals surface area contributed by atoms with Crippen LogP contribution in [0.4, 0.5) is 0 Å². The first-order valence-corrected chi connectivity index (χ1v) is 6.98. The quantitative estimate of drug-likeness (QED) is 0.646. The van der Waals surface area contributed by atoms with Crippen molar-refractivity contribution in [3.63, 3.8) is 0 Å². The van der Waals surface area contributed by atoms with E-state index in [4.69, 9.17) is 11.6 Å². The van der Waals surface area contributed by atoms with Crippen molar-refractivity contribution in [1.29, 1.82) is 0 Å². The summed E-state index contributed by atoms with van der Waals surface area (Å²) in [6.45, 7) is 4.70. The topological polar surface area (TPSA) is 29.1 Å². The summed E-state index contributed by atoms with van der Waals surface area (Å²) in [5.41, 5.74) is 1.60. The average Bonchev–Trinajstić information content (AvgIpc) is 2.23. The van der Waals surface area contributed by atoms with Gasteiger partial charge in [-0.25, -0.2) is 0 Å². The summed E-state index contributed by atoms with van der Waals surface area (Å²) in [6, 6.07) is 5.31. The number of rotatable bonds is 5. The summed E-state index contributed by atoms with van der Waals surface area (Å²) in [7, 11) is 0. The fraction of sp³-hybridized carbons (Fsp3) is 0.462. The maximum atomic E-state index is 11.9. The van der Waals surface area contributed by atoms with Gasteiger partial charge in [0.05, 0.1) is 0 Å². The van der Waals surface area contributed by atoms with Crippen LogP contribution in [-0.2, 0) is 0 Å². The van der Waals surface area contributed by atoms with Crippen molar-refractivity contribution in [2.45, 2.75) is 31.5 Å². The van der Waals surface area contributed by atoms with E-state index in [-0.39, 0.29) is 5.91 Å². The van der Waals surface area contributed by atoms with Crippen molar-refractivity contribution in [1.82, 2.24) is 5.32 Å². The lowest BCUT2D eigenvalue weighted by Crippen LogP contribution is -2.25. The van der Waals surface area contributed by atoms with E-state index in [2.05, 4.69) is 28.2 Å². The molecule has 0 heterocycles. The Kier molecular flexibility index (Phi) is 6.00. The van der Waals surface area contributed by atoms with Crippen LogP contribution in [0.1, 0.15) is 35.7 Å². The second-order valence-corrected chi connectivity index (χ2v) is 6.14. The molecule has 1 aromatic carbocycles. The molecule has 0 aromatic heterocycles. The zero-order chi connectivity index (χ0) is 12.8. The monoisotopic (exact) mass is 317 g/mol. The molecule has 1 atom stereocenters. The van der Waals surface area contributed by atoms with Gasteiger partial charge in [0.1, 0.15) is 0 Å². The van der Waals surface area contributed by atoms with Crippen molar-refractivity contribution >= 4 is 33.4 Å². The van der Waals surface area contributed by atoms with Crippen LogP contribution in [0.25, 0.3) is 0 Å². The molecule has 2 nitrogen and oxygen atoms in total. The van der Waals surface area contributed by atoms with E-state index in [1.54, 1.807) is 18.2 Å². The van der Waals surface area contributed by atoms with E-state index in [9.17, 15) is 4.79 Å². The Bertz CT molecular complexity index is 393. The number of carbonyl (C=O) groups is 1. The Labute approximate surface area is 116 Å². The first-order valence-electron chi connectivity index (χ1n) is 5.69. The van der Waals surface area contributed by atoms with E-state index in [0.29, 0.717) is 22.0 Å². The van der Waals surface area contributed by atoms with Gasteiger partial charge in [-0.2, -0.15) is 0 Å². The molecule has 0 saturated heterocycles. The third-order valence-electron chi connectivity index (χ3n) is 2.50. The van der Waals surface area contributed by atoms with Crippen LogP contribution >= 0.6 is 27.5 Å². The Morgan fingerprint density at radius 3 is 2.82 bits per heavy atom. The number of alkyl halides is 1. The number of amides is 1. The number of aryl methyl sites for hydroxylation is 1. The molecule has 0 aliphatic rings. The van der Waals surface area contributed by atoms with Gasteiger partial charge in [-0.05, 0) is 43.5 Å². The number of hydrogen-bond donors (Lipinski definition) is 1. The highest BCUT2D eigenvalue weighted by Gasteiger charge is 2.08. The molecule has 0 saturated carbocycles. The maximum absolute atomic E-state index is 11.9. The largest absolute Gasteiger partial charge is 0.352 e. The molecule has 0 aliphatic carbocycles. The van der Waals surface area contributed by atoms with Crippen LogP contribution in [0, 0.1) is 6.92 Å². The first-order chi connectivity index (χ1) is 8.00. The standard InChI is InChI=1S/C13H17BrClNO/c1-9-8-11(15)5-6-12(9)13(17)16-7-3-4-10(2)14/h5-6,8,10H,3-4,7H2,1-2H3,(H,16,17). The van der Waals surface area contributed by atoms with Crippen LogP contribution in [0.15, 0.2) is 18.2 Å². The van der Waals surface area contributed by atoms with Gasteiger partial charge < -0.3 is 5.32 Å². The molecule has 0 radical (unpaired) electrons. The summed E-state index contributed by atoms with van der Waals surface area (Å²) in [6.07, 6.45) is 2.03. The fourth-order valence-corrected chi connectivity index (χ4v) is 2.11. The maximum Gasteiger partial charge on any atom is 0.251 e. The predicted octanol–water partition coefficient (Wildman–Crippen LogP) is 3.94. The summed E-state index contributed by atoms with van der Waals surface area (Å²) < 4.78 is 0. The second-order valence-electron chi connectivity index (χ2n) is 4.14. The van der Waals surface area contributed by atoms with Crippen molar-refractivity contribution in [2.24, 2.45) is 0 Å². The average molecular weight is 319 g/mol. The van der Waals surface area contributed by atoms with Crippen molar-refractivity contribution in [3.8, 4) is 0 Å². The highest BCUT2D eigenvalue weighted by Crippen LogP contribution is 2.15. The van der Waals surface area contributed by atoms with E-state index < -0.39 is 0 Å². The van der Waals surface area contributed by atoms with Crippen LogP contribution in [0.5, 0.6) is 0 Å². The van der Waals surface area contributed by atoms with Gasteiger partial charge >= 0.3 is 0 Å². The minimum Gasteiger partial charge on any atom is -0.352 e. The van der Waals surface area contributed by atoms with Crippen LogP contribution in [0.3, 0.4) is 0 Å². The van der Waals surface area contributed by atoms with Crippen LogP contribution < -0.4 is 5.32 Å². The molecule has 17 heavy (non-hydrogen) atoms. The molecule has 4 heteroatoms. The van der Waals surface area contributed by atoms with E-state index in [0.717, 1.165) is 18.4 Å². The number of carbonyl (C=O) groups excluding carboxylic acids is 1. The zero-order valence-corrected chi connectivity index (χ0v) is 12.4. The molecule has 1 rings (SSSR count). The highest BCUT2D eigenvalue weighted by atomic mass is 79.9. The molecule has 0 bridgehead atoms. The molecule has 1 amide bonds. The minimum absolute atomic E-state index is 0.0265. The number of nitrogens with one attached hydrogen (secondary N) is 1. The van der Waals surface area contributed by atoms with E-state index in [1.807, 2.05) is 6.92 Å². The molecule has 1 aromatic rings. The normalized spacial score (nSPS) is 12.2. The summed E-state index contributed by atoms with van der Waals surface area (Å²) in [5.74, 6) is -0.0265. The summed E-state index contributed by atoms with van der Waals surface area (Å²) in [4.78, 5) is 12.4. The number of benzene rings is 1. The van der Waals surface area contributed by atoms with E-state index in [1.165, 1.54) is 0 Å². The van der Waals surface area contributed by atoms with Gasteiger partial charge in [0.15, 0.2) is 0 Å². The lowest BCUT2D eigenvalue weighted by Gasteiger charge is -2.08. The molecule has 1 unspecified atom stereocenters. The van der Waals surface area contributed by atoms with Gasteiger partial charge in [-0.15, -0.1) is 0 Å². The fourth-order valence-electron chi connectivity index (χ4n) is 1.56. The van der Waals surface area contributed by atoms with Crippen LogP contribution in [-0.4, -0.2) is 17.3 Å². The Morgan fingerprint density at radius 2 is 2.24 bits per heavy atom. The molecule has 1 N–H and O–H groups in total. The van der Waals surface area contributed by atoms with Crippen molar-refractivity contribution < 1.29 is 4.79 Å². The predicted molar refractivity (Wildman–Crippen MR) is 76.1 cm³/mol. The van der Waals surface area contributed by atoms with Crippen molar-refractivity contribution in [3.05, 3.63) is 34.3 Å². The van der Waals surface area contributed by atoms with Gasteiger partial charge in [0.25, 0.3) is 5.91 Å². The summed E-state index contributed by atoms with van der Waals surface area (Å²) >= 11 is 9.33. The third kappa shape index (κ3) is 5.09. The van der Waals surface area contributed by atoms with Crippen LogP contribution in [0.2, 0.25) is 5.02 Å². The molecular formula is C13H17BrClNO. The Balaban J connectivity index is 2.47. The lowest BCUT2D eigenvalue weighted by atomic mass is 10.1. The Morgan fingerprint density at radius 1 is 1.53 bits per heavy atom. The van der Waals surface area contributed by atoms with Gasteiger partial charge in [0, 0.05) is 22.0 Å². The summed E-state index contributed by atoms with van der Waals surface area (Å²) in [5, 5.41) is 3.57. The van der Waals surface area contributed by atoms with Gasteiger partial charge in [0.2, 0.25) is 0 Å². The molecule has 0 fully saturated rings.